The molecular formula is C14H19ClN2O3. The summed E-state index contributed by atoms with van der Waals surface area (Å²) in [4.78, 5) is 24.7. The molecule has 1 aliphatic heterocycles. The molecule has 20 heavy (non-hydrogen) atoms. The second-order valence-electron chi connectivity index (χ2n) is 4.82. The lowest BCUT2D eigenvalue weighted by molar-refractivity contribution is -0.148. The molecule has 1 aromatic carbocycles. The van der Waals surface area contributed by atoms with E-state index in [1.807, 2.05) is 30.3 Å². The molecule has 0 spiro atoms. The zero-order chi connectivity index (χ0) is 13.8. The average molecular weight is 299 g/mol. The first-order valence-corrected chi connectivity index (χ1v) is 6.42. The van der Waals surface area contributed by atoms with E-state index in [1.54, 1.807) is 0 Å². The number of aliphatic carboxylic acids is 1. The van der Waals surface area contributed by atoms with Crippen molar-refractivity contribution in [2.45, 2.75) is 31.3 Å². The minimum Gasteiger partial charge on any atom is -0.480 e. The number of carbonyl (C=O) groups excluding carboxylic acids is 1. The van der Waals surface area contributed by atoms with Crippen LogP contribution in [0.2, 0.25) is 0 Å². The number of hydrogen-bond acceptors (Lipinski definition) is 3. The number of carboxylic acid groups (broad SMARTS) is 1. The second kappa shape index (κ2) is 7.26. The predicted octanol–water partition coefficient (Wildman–Crippen LogP) is 1.05. The van der Waals surface area contributed by atoms with Crippen LogP contribution in [0.3, 0.4) is 0 Å². The molecule has 110 valence electrons. The molecule has 1 fully saturated rings. The van der Waals surface area contributed by atoms with Gasteiger partial charge in [0.15, 0.2) is 0 Å². The van der Waals surface area contributed by atoms with Gasteiger partial charge in [-0.2, -0.15) is 0 Å². The summed E-state index contributed by atoms with van der Waals surface area (Å²) in [5.74, 6) is -1.22. The van der Waals surface area contributed by atoms with E-state index in [1.165, 1.54) is 4.90 Å². The Kier molecular flexibility index (Phi) is 5.98. The first kappa shape index (κ1) is 16.5. The fourth-order valence-electron chi connectivity index (χ4n) is 2.46. The van der Waals surface area contributed by atoms with E-state index in [0.717, 1.165) is 12.0 Å². The molecule has 2 rings (SSSR count). The summed E-state index contributed by atoms with van der Waals surface area (Å²) in [6, 6.07) is 8.11. The standard InChI is InChI=1S/C14H18N2O3.ClH/c15-11(9-10-5-2-1-3-6-10)13(17)16-8-4-7-12(16)14(18)19;/h1-3,5-6,11-12H,4,7-9,15H2,(H,18,19);1H/t11-,12+;/m0./s1. The highest BCUT2D eigenvalue weighted by molar-refractivity contribution is 5.87. The highest BCUT2D eigenvalue weighted by Gasteiger charge is 2.35. The van der Waals surface area contributed by atoms with Crippen molar-refractivity contribution in [3.05, 3.63) is 35.9 Å². The Balaban J connectivity index is 0.00000200. The van der Waals surface area contributed by atoms with Crippen LogP contribution in [0.1, 0.15) is 18.4 Å². The number of benzene rings is 1. The number of carbonyl (C=O) groups is 2. The summed E-state index contributed by atoms with van der Waals surface area (Å²) in [6.07, 6.45) is 1.67. The SMILES string of the molecule is Cl.N[C@@H](Cc1ccccc1)C(=O)N1CCC[C@@H]1C(=O)O. The molecule has 3 N–H and O–H groups in total. The van der Waals surface area contributed by atoms with Crippen LogP contribution in [0.5, 0.6) is 0 Å². The lowest BCUT2D eigenvalue weighted by atomic mass is 10.1. The van der Waals surface area contributed by atoms with Crippen molar-refractivity contribution < 1.29 is 14.7 Å². The number of carboxylic acids is 1. The summed E-state index contributed by atoms with van der Waals surface area (Å²) < 4.78 is 0. The van der Waals surface area contributed by atoms with Crippen LogP contribution in [-0.4, -0.2) is 40.5 Å². The molecule has 0 radical (unpaired) electrons. The van der Waals surface area contributed by atoms with Gasteiger partial charge in [-0.05, 0) is 24.8 Å². The van der Waals surface area contributed by atoms with Gasteiger partial charge in [0.2, 0.25) is 5.91 Å². The lowest BCUT2D eigenvalue weighted by Gasteiger charge is -2.24. The number of hydrogen-bond donors (Lipinski definition) is 2. The number of halogens is 1. The molecule has 1 amide bonds. The zero-order valence-corrected chi connectivity index (χ0v) is 11.9. The third kappa shape index (κ3) is 3.71. The number of rotatable bonds is 4. The summed E-state index contributed by atoms with van der Waals surface area (Å²) >= 11 is 0. The van der Waals surface area contributed by atoms with E-state index >= 15 is 0 Å². The Morgan fingerprint density at radius 2 is 2.00 bits per heavy atom. The molecule has 0 saturated carbocycles. The topological polar surface area (TPSA) is 83.6 Å². The molecule has 0 unspecified atom stereocenters. The highest BCUT2D eigenvalue weighted by Crippen LogP contribution is 2.18. The Hall–Kier alpha value is -1.59. The van der Waals surface area contributed by atoms with Crippen molar-refractivity contribution in [3.8, 4) is 0 Å². The monoisotopic (exact) mass is 298 g/mol. The van der Waals surface area contributed by atoms with Crippen molar-refractivity contribution in [1.82, 2.24) is 4.90 Å². The molecule has 6 heteroatoms. The molecule has 1 aliphatic rings. The minimum atomic E-state index is -0.947. The predicted molar refractivity (Wildman–Crippen MR) is 77.7 cm³/mol. The van der Waals surface area contributed by atoms with Gasteiger partial charge >= 0.3 is 5.97 Å². The van der Waals surface area contributed by atoms with E-state index in [9.17, 15) is 9.59 Å². The van der Waals surface area contributed by atoms with Gasteiger partial charge in [0.25, 0.3) is 0 Å². The number of nitrogens with zero attached hydrogens (tertiary/aromatic N) is 1. The molecule has 0 bridgehead atoms. The summed E-state index contributed by atoms with van der Waals surface area (Å²) in [6.45, 7) is 0.484. The summed E-state index contributed by atoms with van der Waals surface area (Å²) in [7, 11) is 0. The van der Waals surface area contributed by atoms with Gasteiger partial charge in [0.05, 0.1) is 6.04 Å². The first-order chi connectivity index (χ1) is 9.09. The molecule has 0 aliphatic carbocycles. The number of amides is 1. The third-order valence-corrected chi connectivity index (χ3v) is 3.44. The van der Waals surface area contributed by atoms with E-state index in [-0.39, 0.29) is 18.3 Å². The lowest BCUT2D eigenvalue weighted by Crippen LogP contribution is -2.49. The summed E-state index contributed by atoms with van der Waals surface area (Å²) in [5.41, 5.74) is 6.89. The fourth-order valence-corrected chi connectivity index (χ4v) is 2.46. The van der Waals surface area contributed by atoms with Crippen molar-refractivity contribution in [3.63, 3.8) is 0 Å². The molecule has 1 saturated heterocycles. The van der Waals surface area contributed by atoms with E-state index < -0.39 is 18.1 Å². The van der Waals surface area contributed by atoms with Gasteiger partial charge in [0, 0.05) is 6.54 Å². The van der Waals surface area contributed by atoms with Gasteiger partial charge < -0.3 is 15.7 Å². The van der Waals surface area contributed by atoms with Gasteiger partial charge in [-0.25, -0.2) is 4.79 Å². The Bertz CT molecular complexity index is 467. The van der Waals surface area contributed by atoms with E-state index in [4.69, 9.17) is 10.8 Å². The van der Waals surface area contributed by atoms with Gasteiger partial charge in [-0.1, -0.05) is 30.3 Å². The van der Waals surface area contributed by atoms with Crippen LogP contribution < -0.4 is 5.73 Å². The molecular weight excluding hydrogens is 280 g/mol. The molecule has 0 aromatic heterocycles. The quantitative estimate of drug-likeness (QED) is 0.870. The second-order valence-corrected chi connectivity index (χ2v) is 4.82. The number of nitrogens with two attached hydrogens (primary N) is 1. The van der Waals surface area contributed by atoms with Crippen LogP contribution in [0.15, 0.2) is 30.3 Å². The first-order valence-electron chi connectivity index (χ1n) is 6.42. The molecule has 1 aromatic rings. The third-order valence-electron chi connectivity index (χ3n) is 3.44. The fraction of sp³-hybridized carbons (Fsp3) is 0.429. The highest BCUT2D eigenvalue weighted by atomic mass is 35.5. The summed E-state index contributed by atoms with van der Waals surface area (Å²) in [5, 5.41) is 9.07. The van der Waals surface area contributed by atoms with Crippen molar-refractivity contribution in [2.24, 2.45) is 5.73 Å². The van der Waals surface area contributed by atoms with Crippen LogP contribution in [-0.2, 0) is 16.0 Å². The average Bonchev–Trinajstić information content (AvgIpc) is 2.88. The largest absolute Gasteiger partial charge is 0.480 e. The maximum atomic E-state index is 12.2. The van der Waals surface area contributed by atoms with Crippen molar-refractivity contribution in [1.29, 1.82) is 0 Å². The van der Waals surface area contributed by atoms with E-state index in [2.05, 4.69) is 0 Å². The van der Waals surface area contributed by atoms with Crippen LogP contribution >= 0.6 is 12.4 Å². The molecule has 5 nitrogen and oxygen atoms in total. The van der Waals surface area contributed by atoms with E-state index in [0.29, 0.717) is 19.4 Å². The van der Waals surface area contributed by atoms with Gasteiger partial charge in [-0.15, -0.1) is 12.4 Å². The van der Waals surface area contributed by atoms with Gasteiger partial charge in [-0.3, -0.25) is 4.79 Å². The Morgan fingerprint density at radius 1 is 1.35 bits per heavy atom. The Morgan fingerprint density at radius 3 is 2.60 bits per heavy atom. The minimum absolute atomic E-state index is 0. The van der Waals surface area contributed by atoms with Crippen molar-refractivity contribution >= 4 is 24.3 Å². The Labute approximate surface area is 124 Å². The van der Waals surface area contributed by atoms with Gasteiger partial charge in [0.1, 0.15) is 6.04 Å². The maximum absolute atomic E-state index is 12.2. The smallest absolute Gasteiger partial charge is 0.326 e. The van der Waals surface area contributed by atoms with Crippen molar-refractivity contribution in [2.75, 3.05) is 6.54 Å². The van der Waals surface area contributed by atoms with Crippen LogP contribution in [0.25, 0.3) is 0 Å². The maximum Gasteiger partial charge on any atom is 0.326 e. The van der Waals surface area contributed by atoms with Crippen LogP contribution in [0.4, 0.5) is 0 Å². The van der Waals surface area contributed by atoms with Crippen LogP contribution in [0, 0.1) is 0 Å². The zero-order valence-electron chi connectivity index (χ0n) is 11.1. The normalized spacial score (nSPS) is 19.2. The number of likely N-dealkylation sites (tertiary alicyclic amines) is 1. The molecule has 2 atom stereocenters. The molecule has 1 heterocycles.